The molecule has 2 aromatic heterocycles. The molecule has 10 heteroatoms. The molecule has 1 aliphatic rings. The lowest BCUT2D eigenvalue weighted by Gasteiger charge is -2.26. The quantitative estimate of drug-likeness (QED) is 0.653. The number of aromatic amines is 1. The van der Waals surface area contributed by atoms with Crippen molar-refractivity contribution in [3.8, 4) is 0 Å². The van der Waals surface area contributed by atoms with Crippen molar-refractivity contribution < 1.29 is 9.59 Å². The number of anilines is 1. The lowest BCUT2D eigenvalue weighted by atomic mass is 10.4. The molecule has 24 heavy (non-hydrogen) atoms. The van der Waals surface area contributed by atoms with E-state index >= 15 is 0 Å². The number of hydrogen-bond donors (Lipinski definition) is 3. The number of fused-ring (bicyclic) bond motifs is 1. The van der Waals surface area contributed by atoms with Gasteiger partial charge >= 0.3 is 0 Å². The Hall–Kier alpha value is -2.49. The van der Waals surface area contributed by atoms with Gasteiger partial charge in [0, 0.05) is 45.6 Å². The van der Waals surface area contributed by atoms with Gasteiger partial charge in [0.25, 0.3) is 5.91 Å². The Morgan fingerprint density at radius 1 is 1.33 bits per heavy atom. The van der Waals surface area contributed by atoms with Gasteiger partial charge in [-0.05, 0) is 0 Å². The maximum atomic E-state index is 12.2. The molecule has 3 N–H and O–H groups in total. The van der Waals surface area contributed by atoms with Gasteiger partial charge in [0.05, 0.1) is 4.91 Å². The Labute approximate surface area is 142 Å². The van der Waals surface area contributed by atoms with E-state index in [2.05, 4.69) is 25.7 Å². The molecule has 0 aliphatic carbocycles. The molecule has 9 nitrogen and oxygen atoms in total. The van der Waals surface area contributed by atoms with Crippen LogP contribution >= 0.6 is 11.8 Å². The highest BCUT2D eigenvalue weighted by atomic mass is 32.2. The number of thioether (sulfide) groups is 1. The number of hydrogen-bond acceptors (Lipinski definition) is 6. The van der Waals surface area contributed by atoms with Gasteiger partial charge in [0.2, 0.25) is 5.91 Å². The van der Waals surface area contributed by atoms with Crippen LogP contribution in [-0.2, 0) is 16.6 Å². The molecule has 0 spiro atoms. The second-order valence-electron chi connectivity index (χ2n) is 5.34. The van der Waals surface area contributed by atoms with E-state index in [1.807, 2.05) is 22.8 Å². The average molecular weight is 349 g/mol. The summed E-state index contributed by atoms with van der Waals surface area (Å²) in [7, 11) is 1.88. The summed E-state index contributed by atoms with van der Waals surface area (Å²) >= 11 is 1.51. The van der Waals surface area contributed by atoms with Crippen molar-refractivity contribution in [3.63, 3.8) is 0 Å². The fourth-order valence-electron chi connectivity index (χ4n) is 2.40. The van der Waals surface area contributed by atoms with Gasteiger partial charge in [0.1, 0.15) is 11.8 Å². The van der Waals surface area contributed by atoms with E-state index in [-0.39, 0.29) is 11.8 Å². The molecule has 0 fully saturated rings. The number of rotatable bonds is 5. The summed E-state index contributed by atoms with van der Waals surface area (Å²) in [6.07, 6.45) is 3.33. The highest BCUT2D eigenvalue weighted by Crippen LogP contribution is 2.28. The first-order valence-electron chi connectivity index (χ1n) is 7.55. The van der Waals surface area contributed by atoms with Gasteiger partial charge in [-0.3, -0.25) is 19.4 Å². The van der Waals surface area contributed by atoms with Crippen molar-refractivity contribution in [2.75, 3.05) is 30.3 Å². The van der Waals surface area contributed by atoms with E-state index in [1.165, 1.54) is 25.0 Å². The minimum Gasteiger partial charge on any atom is -0.355 e. The van der Waals surface area contributed by atoms with E-state index in [1.54, 1.807) is 0 Å². The summed E-state index contributed by atoms with van der Waals surface area (Å²) in [6.45, 7) is 3.02. The number of nitrogens with one attached hydrogen (secondary N) is 3. The van der Waals surface area contributed by atoms with Crippen molar-refractivity contribution in [1.29, 1.82) is 0 Å². The van der Waals surface area contributed by atoms with Gasteiger partial charge in [0.15, 0.2) is 11.5 Å². The second kappa shape index (κ2) is 6.95. The first kappa shape index (κ1) is 16.4. The van der Waals surface area contributed by atoms with Crippen LogP contribution in [0.25, 0.3) is 11.2 Å². The normalized spacial score (nSPS) is 14.6. The minimum atomic E-state index is -0.145. The van der Waals surface area contributed by atoms with Crippen LogP contribution in [0.3, 0.4) is 0 Å². The third-order valence-corrected chi connectivity index (χ3v) is 4.54. The summed E-state index contributed by atoms with van der Waals surface area (Å²) in [5, 5.41) is 8.58. The minimum absolute atomic E-state index is 0.110. The summed E-state index contributed by atoms with van der Waals surface area (Å²) < 4.78 is 1.82. The van der Waals surface area contributed by atoms with E-state index in [9.17, 15) is 9.59 Å². The van der Waals surface area contributed by atoms with Crippen molar-refractivity contribution in [2.24, 2.45) is 7.05 Å². The van der Waals surface area contributed by atoms with E-state index < -0.39 is 0 Å². The maximum Gasteiger partial charge on any atom is 0.259 e. The predicted octanol–water partition coefficient (Wildman–Crippen LogP) is -0.0567. The molecule has 2 amide bonds. The van der Waals surface area contributed by atoms with Crippen LogP contribution in [0.15, 0.2) is 17.4 Å². The van der Waals surface area contributed by atoms with Crippen LogP contribution in [0, 0.1) is 0 Å². The molecule has 0 saturated carbocycles. The van der Waals surface area contributed by atoms with Gasteiger partial charge in [-0.25, -0.2) is 9.97 Å². The fraction of sp³-hybridized carbons (Fsp3) is 0.429. The number of carbonyl (C=O) groups is 2. The molecule has 3 heterocycles. The number of aryl methyl sites for hydroxylation is 1. The average Bonchev–Trinajstić information content (AvgIpc) is 2.57. The summed E-state index contributed by atoms with van der Waals surface area (Å²) in [4.78, 5) is 34.2. The monoisotopic (exact) mass is 349 g/mol. The zero-order valence-electron chi connectivity index (χ0n) is 13.5. The second-order valence-corrected chi connectivity index (χ2v) is 6.48. The van der Waals surface area contributed by atoms with Crippen LogP contribution in [0.2, 0.25) is 0 Å². The SMILES string of the molecule is CC(=O)NCCNC(=O)C1=CN(c2ncnc3c2[nH]n3C)CCS1. The molecule has 1 aliphatic heterocycles. The molecule has 128 valence electrons. The topological polar surface area (TPSA) is 108 Å². The molecule has 0 radical (unpaired) electrons. The highest BCUT2D eigenvalue weighted by Gasteiger charge is 2.21. The van der Waals surface area contributed by atoms with Crippen molar-refractivity contribution in [1.82, 2.24) is 30.4 Å². The zero-order chi connectivity index (χ0) is 17.1. The molecular formula is C14H19N7O2S. The van der Waals surface area contributed by atoms with Crippen molar-refractivity contribution in [3.05, 3.63) is 17.4 Å². The predicted molar refractivity (Wildman–Crippen MR) is 92.4 cm³/mol. The molecule has 0 unspecified atom stereocenters. The van der Waals surface area contributed by atoms with Gasteiger partial charge in [-0.15, -0.1) is 11.8 Å². The molecule has 0 aromatic carbocycles. The first-order chi connectivity index (χ1) is 11.6. The Kier molecular flexibility index (Phi) is 4.74. The van der Waals surface area contributed by atoms with Gasteiger partial charge in [-0.1, -0.05) is 0 Å². The van der Waals surface area contributed by atoms with Crippen LogP contribution < -0.4 is 15.5 Å². The van der Waals surface area contributed by atoms with Crippen LogP contribution in [0.4, 0.5) is 5.82 Å². The number of carbonyl (C=O) groups excluding carboxylic acids is 2. The summed E-state index contributed by atoms with van der Waals surface area (Å²) in [5.74, 6) is 1.30. The molecular weight excluding hydrogens is 330 g/mol. The standard InChI is InChI=1S/C14H19N7O2S/c1-9(22)15-3-4-16-14(23)10-7-21(5-6-24-10)13-11-12(17-8-18-13)20(2)19-11/h7-8,19H,3-6H2,1-2H3,(H,15,22)(H,16,23). The van der Waals surface area contributed by atoms with Gasteiger partial charge < -0.3 is 15.5 Å². The first-order valence-corrected chi connectivity index (χ1v) is 8.54. The summed E-state index contributed by atoms with van der Waals surface area (Å²) in [6, 6.07) is 0. The Balaban J connectivity index is 1.68. The van der Waals surface area contributed by atoms with E-state index in [4.69, 9.17) is 0 Å². The Bertz CT molecular complexity index is 794. The number of nitrogens with zero attached hydrogens (tertiary/aromatic N) is 4. The number of amides is 2. The highest BCUT2D eigenvalue weighted by molar-refractivity contribution is 8.04. The van der Waals surface area contributed by atoms with Crippen molar-refractivity contribution >= 4 is 40.6 Å². The fourth-order valence-corrected chi connectivity index (χ4v) is 3.31. The third-order valence-electron chi connectivity index (χ3n) is 3.55. The Morgan fingerprint density at radius 2 is 2.12 bits per heavy atom. The Morgan fingerprint density at radius 3 is 2.88 bits per heavy atom. The molecule has 0 saturated heterocycles. The summed E-state index contributed by atoms with van der Waals surface area (Å²) in [5.41, 5.74) is 1.71. The smallest absolute Gasteiger partial charge is 0.259 e. The van der Waals surface area contributed by atoms with Crippen LogP contribution in [-0.4, -0.2) is 56.9 Å². The number of H-pyrrole nitrogens is 1. The molecule has 0 bridgehead atoms. The number of aromatic nitrogens is 4. The largest absolute Gasteiger partial charge is 0.355 e. The van der Waals surface area contributed by atoms with Crippen molar-refractivity contribution in [2.45, 2.75) is 6.92 Å². The molecule has 3 rings (SSSR count). The zero-order valence-corrected chi connectivity index (χ0v) is 14.3. The van der Waals surface area contributed by atoms with E-state index in [0.29, 0.717) is 18.0 Å². The lowest BCUT2D eigenvalue weighted by molar-refractivity contribution is -0.120. The lowest BCUT2D eigenvalue weighted by Crippen LogP contribution is -2.36. The third kappa shape index (κ3) is 3.37. The van der Waals surface area contributed by atoms with Crippen LogP contribution in [0.1, 0.15) is 6.92 Å². The van der Waals surface area contributed by atoms with E-state index in [0.717, 1.165) is 29.3 Å². The molecule has 2 aromatic rings. The van der Waals surface area contributed by atoms with Crippen LogP contribution in [0.5, 0.6) is 0 Å². The van der Waals surface area contributed by atoms with Gasteiger partial charge in [-0.2, -0.15) is 0 Å². The maximum absolute atomic E-state index is 12.2. The molecule has 0 atom stereocenters.